The van der Waals surface area contributed by atoms with E-state index in [1.165, 1.54) is 0 Å². The van der Waals surface area contributed by atoms with E-state index < -0.39 is 0 Å². The smallest absolute Gasteiger partial charge is 0.251 e. The zero-order chi connectivity index (χ0) is 12.8. The Balaban J connectivity index is 1.55. The van der Waals surface area contributed by atoms with Gasteiger partial charge in [-0.15, -0.1) is 0 Å². The van der Waals surface area contributed by atoms with E-state index in [0.29, 0.717) is 17.9 Å². The lowest BCUT2D eigenvalue weighted by molar-refractivity contribution is 0.0946. The van der Waals surface area contributed by atoms with Crippen molar-refractivity contribution in [3.05, 3.63) is 42.1 Å². The van der Waals surface area contributed by atoms with Crippen molar-refractivity contribution < 1.29 is 4.79 Å². The van der Waals surface area contributed by atoms with Gasteiger partial charge in [-0.1, -0.05) is 6.07 Å². The molecule has 0 bridgehead atoms. The molecule has 2 heterocycles. The molecule has 1 aromatic carbocycles. The van der Waals surface area contributed by atoms with Gasteiger partial charge in [0.25, 0.3) is 5.91 Å². The fourth-order valence-electron chi connectivity index (χ4n) is 3.08. The van der Waals surface area contributed by atoms with Crippen LogP contribution in [-0.4, -0.2) is 30.0 Å². The van der Waals surface area contributed by atoms with Gasteiger partial charge in [-0.05, 0) is 36.1 Å². The molecule has 1 amide bonds. The molecule has 4 rings (SSSR count). The van der Waals surface area contributed by atoms with E-state index >= 15 is 0 Å². The number of rotatable bonds is 2. The second-order valence-electron chi connectivity index (χ2n) is 5.40. The Morgan fingerprint density at radius 1 is 1.26 bits per heavy atom. The molecule has 0 radical (unpaired) electrons. The van der Waals surface area contributed by atoms with Crippen LogP contribution in [0.5, 0.6) is 0 Å². The van der Waals surface area contributed by atoms with Gasteiger partial charge in [-0.2, -0.15) is 0 Å². The van der Waals surface area contributed by atoms with Crippen LogP contribution in [0.3, 0.4) is 0 Å². The highest BCUT2D eigenvalue weighted by molar-refractivity contribution is 5.98. The Morgan fingerprint density at radius 2 is 2.11 bits per heavy atom. The van der Waals surface area contributed by atoms with Gasteiger partial charge in [-0.25, -0.2) is 0 Å². The minimum atomic E-state index is 0.0325. The number of aromatic nitrogens is 1. The van der Waals surface area contributed by atoms with Crippen molar-refractivity contribution in [3.8, 4) is 0 Å². The number of hydrogen-bond acceptors (Lipinski definition) is 3. The average molecular weight is 253 g/mol. The first-order valence-electron chi connectivity index (χ1n) is 6.69. The first-order valence-corrected chi connectivity index (χ1v) is 6.69. The van der Waals surface area contributed by atoms with Crippen molar-refractivity contribution in [2.75, 3.05) is 13.1 Å². The maximum Gasteiger partial charge on any atom is 0.251 e. The molecule has 4 heteroatoms. The van der Waals surface area contributed by atoms with Crippen LogP contribution >= 0.6 is 0 Å². The summed E-state index contributed by atoms with van der Waals surface area (Å²) in [5.41, 5.74) is 1.64. The van der Waals surface area contributed by atoms with Crippen molar-refractivity contribution in [2.24, 2.45) is 11.8 Å². The molecule has 96 valence electrons. The highest BCUT2D eigenvalue weighted by Crippen LogP contribution is 2.41. The molecule has 19 heavy (non-hydrogen) atoms. The highest BCUT2D eigenvalue weighted by Gasteiger charge is 2.53. The second kappa shape index (κ2) is 4.03. The van der Waals surface area contributed by atoms with Gasteiger partial charge in [0, 0.05) is 36.3 Å². The van der Waals surface area contributed by atoms with Crippen LogP contribution in [0.4, 0.5) is 0 Å². The number of amides is 1. The number of hydrogen-bond donors (Lipinski definition) is 2. The topological polar surface area (TPSA) is 54.0 Å². The lowest BCUT2D eigenvalue weighted by Crippen LogP contribution is -2.32. The van der Waals surface area contributed by atoms with E-state index in [1.54, 1.807) is 6.20 Å². The molecule has 4 nitrogen and oxygen atoms in total. The lowest BCUT2D eigenvalue weighted by Gasteiger charge is -2.08. The summed E-state index contributed by atoms with van der Waals surface area (Å²) >= 11 is 0. The van der Waals surface area contributed by atoms with E-state index in [9.17, 15) is 4.79 Å². The average Bonchev–Trinajstić information content (AvgIpc) is 2.88. The van der Waals surface area contributed by atoms with Gasteiger partial charge in [0.15, 0.2) is 0 Å². The summed E-state index contributed by atoms with van der Waals surface area (Å²) in [6, 6.07) is 9.91. The van der Waals surface area contributed by atoms with Crippen LogP contribution in [0.25, 0.3) is 10.9 Å². The summed E-state index contributed by atoms with van der Waals surface area (Å²) in [7, 11) is 0. The Bertz CT molecular complexity index is 645. The number of piperidine rings is 1. The third-order valence-corrected chi connectivity index (χ3v) is 4.25. The third kappa shape index (κ3) is 1.79. The SMILES string of the molecule is O=C(NC1C2CNCC21)c1ccc2ncccc2c1. The second-order valence-corrected chi connectivity index (χ2v) is 5.40. The van der Waals surface area contributed by atoms with E-state index in [4.69, 9.17) is 0 Å². The number of nitrogens with zero attached hydrogens (tertiary/aromatic N) is 1. The molecule has 2 N–H and O–H groups in total. The molecular formula is C15H15N3O. The molecular weight excluding hydrogens is 238 g/mol. The predicted molar refractivity (Wildman–Crippen MR) is 72.8 cm³/mol. The van der Waals surface area contributed by atoms with Gasteiger partial charge >= 0.3 is 0 Å². The Hall–Kier alpha value is -1.94. The Kier molecular flexibility index (Phi) is 2.32. The molecule has 2 atom stereocenters. The van der Waals surface area contributed by atoms with E-state index in [-0.39, 0.29) is 5.91 Å². The molecule has 1 saturated carbocycles. The molecule has 2 unspecified atom stereocenters. The fraction of sp³-hybridized carbons (Fsp3) is 0.333. The molecule has 1 aliphatic carbocycles. The van der Waals surface area contributed by atoms with Crippen LogP contribution < -0.4 is 10.6 Å². The van der Waals surface area contributed by atoms with Gasteiger partial charge in [0.2, 0.25) is 0 Å². The van der Waals surface area contributed by atoms with Crippen molar-refractivity contribution in [1.82, 2.24) is 15.6 Å². The minimum absolute atomic E-state index is 0.0325. The van der Waals surface area contributed by atoms with Crippen LogP contribution in [0.2, 0.25) is 0 Å². The molecule has 1 saturated heterocycles. The number of carbonyl (C=O) groups is 1. The summed E-state index contributed by atoms with van der Waals surface area (Å²) in [6.07, 6.45) is 1.76. The molecule has 1 aliphatic heterocycles. The summed E-state index contributed by atoms with van der Waals surface area (Å²) in [5, 5.41) is 7.47. The molecule has 2 aromatic rings. The van der Waals surface area contributed by atoms with E-state index in [1.807, 2.05) is 30.3 Å². The number of fused-ring (bicyclic) bond motifs is 2. The van der Waals surface area contributed by atoms with Crippen molar-refractivity contribution in [1.29, 1.82) is 0 Å². The number of pyridine rings is 1. The monoisotopic (exact) mass is 253 g/mol. The molecule has 2 fully saturated rings. The zero-order valence-electron chi connectivity index (χ0n) is 10.5. The summed E-state index contributed by atoms with van der Waals surface area (Å²) in [4.78, 5) is 16.5. The van der Waals surface area contributed by atoms with E-state index in [0.717, 1.165) is 29.6 Å². The first kappa shape index (κ1) is 10.9. The van der Waals surface area contributed by atoms with Gasteiger partial charge < -0.3 is 10.6 Å². The Labute approximate surface area is 111 Å². The maximum absolute atomic E-state index is 12.2. The Morgan fingerprint density at radius 3 is 2.95 bits per heavy atom. The van der Waals surface area contributed by atoms with E-state index in [2.05, 4.69) is 15.6 Å². The highest BCUT2D eigenvalue weighted by atomic mass is 16.1. The summed E-state index contributed by atoms with van der Waals surface area (Å²) in [5.74, 6) is 1.32. The van der Waals surface area contributed by atoms with Gasteiger partial charge in [0.05, 0.1) is 5.52 Å². The van der Waals surface area contributed by atoms with Crippen LogP contribution in [0, 0.1) is 11.8 Å². The predicted octanol–water partition coefficient (Wildman–Crippen LogP) is 1.18. The third-order valence-electron chi connectivity index (χ3n) is 4.25. The number of carbonyl (C=O) groups excluding carboxylic acids is 1. The quantitative estimate of drug-likeness (QED) is 0.845. The lowest BCUT2D eigenvalue weighted by atomic mass is 10.1. The number of benzene rings is 1. The van der Waals surface area contributed by atoms with Crippen LogP contribution in [0.15, 0.2) is 36.5 Å². The largest absolute Gasteiger partial charge is 0.349 e. The molecule has 1 aromatic heterocycles. The minimum Gasteiger partial charge on any atom is -0.349 e. The van der Waals surface area contributed by atoms with Crippen molar-refractivity contribution in [3.63, 3.8) is 0 Å². The number of nitrogens with one attached hydrogen (secondary N) is 2. The normalized spacial score (nSPS) is 28.1. The zero-order valence-corrected chi connectivity index (χ0v) is 10.5. The fourth-order valence-corrected chi connectivity index (χ4v) is 3.08. The molecule has 0 spiro atoms. The van der Waals surface area contributed by atoms with Crippen molar-refractivity contribution in [2.45, 2.75) is 6.04 Å². The van der Waals surface area contributed by atoms with Crippen molar-refractivity contribution >= 4 is 16.8 Å². The first-order chi connectivity index (χ1) is 9.33. The van der Waals surface area contributed by atoms with Crippen LogP contribution in [-0.2, 0) is 0 Å². The van der Waals surface area contributed by atoms with Gasteiger partial charge in [-0.3, -0.25) is 9.78 Å². The summed E-state index contributed by atoms with van der Waals surface area (Å²) in [6.45, 7) is 2.08. The standard InChI is InChI=1S/C15H15N3O/c19-15(18-14-11-7-16-8-12(11)14)10-3-4-13-9(6-10)2-1-5-17-13/h1-6,11-12,14,16H,7-8H2,(H,18,19). The van der Waals surface area contributed by atoms with Gasteiger partial charge in [0.1, 0.15) is 0 Å². The summed E-state index contributed by atoms with van der Waals surface area (Å²) < 4.78 is 0. The van der Waals surface area contributed by atoms with Crippen LogP contribution in [0.1, 0.15) is 10.4 Å². The molecule has 2 aliphatic rings. The maximum atomic E-state index is 12.2.